The molecule has 1 aliphatic rings. The molecule has 1 aromatic heterocycles. The van der Waals surface area contributed by atoms with Crippen LogP contribution < -0.4 is 11.1 Å². The summed E-state index contributed by atoms with van der Waals surface area (Å²) >= 11 is 1.61. The molecule has 0 radical (unpaired) electrons. The average molecular weight is 332 g/mol. The van der Waals surface area contributed by atoms with E-state index in [9.17, 15) is 4.39 Å². The first-order valence-corrected chi connectivity index (χ1v) is 8.74. The number of anilines is 1. The van der Waals surface area contributed by atoms with Crippen molar-refractivity contribution in [3.05, 3.63) is 35.2 Å². The van der Waals surface area contributed by atoms with E-state index < -0.39 is 0 Å². The zero-order valence-electron chi connectivity index (χ0n) is 13.2. The third-order valence-corrected chi connectivity index (χ3v) is 5.42. The van der Waals surface area contributed by atoms with Crippen LogP contribution in [-0.2, 0) is 0 Å². The highest BCUT2D eigenvalue weighted by molar-refractivity contribution is 7.15. The van der Waals surface area contributed by atoms with Gasteiger partial charge in [0.15, 0.2) is 5.96 Å². The van der Waals surface area contributed by atoms with Crippen LogP contribution in [0.1, 0.15) is 43.0 Å². The molecule has 2 aromatic rings. The summed E-state index contributed by atoms with van der Waals surface area (Å²) in [5, 5.41) is 3.99. The molecule has 1 saturated carbocycles. The molecule has 0 bridgehead atoms. The summed E-state index contributed by atoms with van der Waals surface area (Å²) in [5.74, 6) is 0.527. The maximum atomic E-state index is 14.4. The summed E-state index contributed by atoms with van der Waals surface area (Å²) in [6, 6.07) is 5.00. The number of aliphatic imine (C=N–C) groups is 1. The highest BCUT2D eigenvalue weighted by Crippen LogP contribution is 2.38. The van der Waals surface area contributed by atoms with E-state index in [1.165, 1.54) is 38.2 Å². The second kappa shape index (κ2) is 7.08. The van der Waals surface area contributed by atoms with Crippen LogP contribution in [0.5, 0.6) is 0 Å². The number of nitrogens with zero attached hydrogens (tertiary/aromatic N) is 2. The zero-order chi connectivity index (χ0) is 16.2. The summed E-state index contributed by atoms with van der Waals surface area (Å²) in [7, 11) is 1.58. The van der Waals surface area contributed by atoms with Crippen molar-refractivity contribution in [2.45, 2.75) is 38.0 Å². The Hall–Kier alpha value is -1.95. The van der Waals surface area contributed by atoms with Crippen molar-refractivity contribution in [1.82, 2.24) is 4.98 Å². The van der Waals surface area contributed by atoms with E-state index in [-0.39, 0.29) is 11.8 Å². The van der Waals surface area contributed by atoms with Crippen molar-refractivity contribution in [1.29, 1.82) is 0 Å². The molecule has 4 nitrogen and oxygen atoms in total. The molecule has 6 heteroatoms. The number of rotatable bonds is 3. The molecular weight excluding hydrogens is 311 g/mol. The number of halogens is 1. The van der Waals surface area contributed by atoms with Gasteiger partial charge < -0.3 is 11.1 Å². The highest BCUT2D eigenvalue weighted by atomic mass is 32.1. The van der Waals surface area contributed by atoms with Crippen LogP contribution >= 0.6 is 11.3 Å². The van der Waals surface area contributed by atoms with Crippen molar-refractivity contribution in [2.24, 2.45) is 10.7 Å². The van der Waals surface area contributed by atoms with Gasteiger partial charge >= 0.3 is 0 Å². The van der Waals surface area contributed by atoms with Crippen molar-refractivity contribution in [3.8, 4) is 10.4 Å². The number of benzene rings is 1. The van der Waals surface area contributed by atoms with Crippen LogP contribution in [0.25, 0.3) is 10.4 Å². The summed E-state index contributed by atoms with van der Waals surface area (Å²) < 4.78 is 14.4. The van der Waals surface area contributed by atoms with E-state index in [4.69, 9.17) is 5.73 Å². The van der Waals surface area contributed by atoms with E-state index >= 15 is 0 Å². The molecule has 23 heavy (non-hydrogen) atoms. The van der Waals surface area contributed by atoms with Gasteiger partial charge in [0.1, 0.15) is 5.82 Å². The minimum absolute atomic E-state index is 0.259. The van der Waals surface area contributed by atoms with Crippen LogP contribution in [0, 0.1) is 5.82 Å². The first-order chi connectivity index (χ1) is 11.2. The molecule has 0 amide bonds. The van der Waals surface area contributed by atoms with E-state index in [2.05, 4.69) is 15.3 Å². The molecule has 3 rings (SSSR count). The molecule has 1 aliphatic carbocycles. The Bertz CT molecular complexity index is 704. The van der Waals surface area contributed by atoms with Gasteiger partial charge in [0.05, 0.1) is 9.88 Å². The number of hydrogen-bond donors (Lipinski definition) is 2. The number of guanidine groups is 1. The second-order valence-electron chi connectivity index (χ2n) is 5.83. The van der Waals surface area contributed by atoms with Gasteiger partial charge in [-0.1, -0.05) is 19.3 Å². The number of thiazole rings is 1. The zero-order valence-corrected chi connectivity index (χ0v) is 14.0. The summed E-state index contributed by atoms with van der Waals surface area (Å²) in [6.07, 6.45) is 8.06. The first-order valence-electron chi connectivity index (χ1n) is 7.92. The van der Waals surface area contributed by atoms with Gasteiger partial charge in [-0.3, -0.25) is 4.99 Å². The van der Waals surface area contributed by atoms with Crippen LogP contribution in [0.3, 0.4) is 0 Å². The Morgan fingerprint density at radius 2 is 2.13 bits per heavy atom. The molecule has 0 spiro atoms. The highest BCUT2D eigenvalue weighted by Gasteiger charge is 2.19. The second-order valence-corrected chi connectivity index (χ2v) is 6.89. The minimum atomic E-state index is -0.280. The predicted octanol–water partition coefficient (Wildman–Crippen LogP) is 4.35. The number of nitrogens with one attached hydrogen (secondary N) is 1. The molecule has 122 valence electrons. The topological polar surface area (TPSA) is 63.3 Å². The summed E-state index contributed by atoms with van der Waals surface area (Å²) in [5.41, 5.74) is 6.77. The van der Waals surface area contributed by atoms with E-state index in [0.717, 1.165) is 9.88 Å². The number of aromatic nitrogens is 1. The Morgan fingerprint density at radius 3 is 2.83 bits per heavy atom. The lowest BCUT2D eigenvalue weighted by molar-refractivity contribution is 0.442. The molecule has 0 unspecified atom stereocenters. The molecule has 1 fully saturated rings. The third kappa shape index (κ3) is 3.69. The van der Waals surface area contributed by atoms with Crippen LogP contribution in [0.2, 0.25) is 0 Å². The van der Waals surface area contributed by atoms with Gasteiger partial charge in [0, 0.05) is 30.4 Å². The maximum Gasteiger partial charge on any atom is 0.192 e. The Kier molecular flexibility index (Phi) is 4.91. The van der Waals surface area contributed by atoms with E-state index in [0.29, 0.717) is 17.2 Å². The number of nitrogens with two attached hydrogens (primary N) is 1. The Labute approximate surface area is 139 Å². The van der Waals surface area contributed by atoms with Crippen molar-refractivity contribution in [3.63, 3.8) is 0 Å². The van der Waals surface area contributed by atoms with E-state index in [1.807, 2.05) is 0 Å². The molecule has 1 heterocycles. The maximum absolute atomic E-state index is 14.4. The van der Waals surface area contributed by atoms with Crippen LogP contribution in [0.4, 0.5) is 10.1 Å². The summed E-state index contributed by atoms with van der Waals surface area (Å²) in [4.78, 5) is 9.22. The lowest BCUT2D eigenvalue weighted by Gasteiger charge is -2.18. The quantitative estimate of drug-likeness (QED) is 0.648. The summed E-state index contributed by atoms with van der Waals surface area (Å²) in [6.45, 7) is 0. The van der Waals surface area contributed by atoms with Gasteiger partial charge in [-0.05, 0) is 31.0 Å². The lowest BCUT2D eigenvalue weighted by atomic mass is 9.90. The molecule has 1 aromatic carbocycles. The lowest BCUT2D eigenvalue weighted by Crippen LogP contribution is -2.22. The monoisotopic (exact) mass is 332 g/mol. The SMILES string of the molecule is CN=C(N)Nc1ccc(-c2cnc(C3CCCCC3)s2)c(F)c1. The van der Waals surface area contributed by atoms with Crippen LogP contribution in [0.15, 0.2) is 29.4 Å². The Morgan fingerprint density at radius 1 is 1.35 bits per heavy atom. The molecule has 0 atom stereocenters. The van der Waals surface area contributed by atoms with Crippen LogP contribution in [-0.4, -0.2) is 18.0 Å². The smallest absolute Gasteiger partial charge is 0.192 e. The Balaban J connectivity index is 1.80. The standard InChI is InChI=1S/C17H21FN4S/c1-20-17(19)22-12-7-8-13(14(18)9-12)15-10-21-16(23-15)11-5-3-2-4-6-11/h7-11H,2-6H2,1H3,(H3,19,20,22). The minimum Gasteiger partial charge on any atom is -0.370 e. The fourth-order valence-electron chi connectivity index (χ4n) is 2.95. The predicted molar refractivity (Wildman–Crippen MR) is 94.5 cm³/mol. The largest absolute Gasteiger partial charge is 0.370 e. The molecule has 0 saturated heterocycles. The average Bonchev–Trinajstić information content (AvgIpc) is 3.05. The fraction of sp³-hybridized carbons (Fsp3) is 0.412. The molecule has 0 aliphatic heterocycles. The van der Waals surface area contributed by atoms with Crippen molar-refractivity contribution < 1.29 is 4.39 Å². The van der Waals surface area contributed by atoms with Gasteiger partial charge in [-0.2, -0.15) is 0 Å². The van der Waals surface area contributed by atoms with Crippen molar-refractivity contribution >= 4 is 23.0 Å². The molecular formula is C17H21FN4S. The van der Waals surface area contributed by atoms with Gasteiger partial charge in [-0.25, -0.2) is 9.37 Å². The van der Waals surface area contributed by atoms with Gasteiger partial charge in [0.2, 0.25) is 0 Å². The first kappa shape index (κ1) is 15.9. The van der Waals surface area contributed by atoms with Gasteiger partial charge in [-0.15, -0.1) is 11.3 Å². The fourth-order valence-corrected chi connectivity index (χ4v) is 4.06. The van der Waals surface area contributed by atoms with E-state index in [1.54, 1.807) is 36.7 Å². The molecule has 3 N–H and O–H groups in total. The van der Waals surface area contributed by atoms with Gasteiger partial charge in [0.25, 0.3) is 0 Å². The number of hydrogen-bond acceptors (Lipinski definition) is 3. The normalized spacial score (nSPS) is 16.5. The third-order valence-electron chi connectivity index (χ3n) is 4.23. The van der Waals surface area contributed by atoms with Crippen molar-refractivity contribution in [2.75, 3.05) is 12.4 Å².